The van der Waals surface area contributed by atoms with E-state index < -0.39 is 11.7 Å². The second kappa shape index (κ2) is 6.20. The first-order valence-corrected chi connectivity index (χ1v) is 5.42. The van der Waals surface area contributed by atoms with Crippen molar-refractivity contribution in [2.24, 2.45) is 0 Å². The lowest BCUT2D eigenvalue weighted by molar-refractivity contribution is -0.120. The molecule has 0 aromatic heterocycles. The molecule has 0 heterocycles. The van der Waals surface area contributed by atoms with E-state index in [0.29, 0.717) is 6.54 Å². The lowest BCUT2D eigenvalue weighted by Gasteiger charge is -2.06. The van der Waals surface area contributed by atoms with E-state index in [0.717, 1.165) is 6.07 Å². The lowest BCUT2D eigenvalue weighted by atomic mass is 10.2. The quantitative estimate of drug-likeness (QED) is 0.856. The molecular weight excluding hydrogens is 247 g/mol. The number of nitrogens with one attached hydrogen (secondary N) is 2. The van der Waals surface area contributed by atoms with Crippen molar-refractivity contribution in [3.05, 3.63) is 34.6 Å². The minimum absolute atomic E-state index is 0.179. The molecule has 4 nitrogen and oxygen atoms in total. The number of benzene rings is 1. The Morgan fingerprint density at radius 2 is 2.06 bits per heavy atom. The van der Waals surface area contributed by atoms with Crippen molar-refractivity contribution in [3.8, 4) is 0 Å². The number of carbonyl (C=O) groups excluding carboxylic acids is 2. The third-order valence-electron chi connectivity index (χ3n) is 1.96. The summed E-state index contributed by atoms with van der Waals surface area (Å²) in [6, 6.07) is 3.66. The third kappa shape index (κ3) is 4.03. The highest BCUT2D eigenvalue weighted by Crippen LogP contribution is 2.14. The van der Waals surface area contributed by atoms with Crippen LogP contribution in [0.3, 0.4) is 0 Å². The summed E-state index contributed by atoms with van der Waals surface area (Å²) in [5, 5.41) is 5.07. The molecule has 1 aromatic rings. The van der Waals surface area contributed by atoms with Gasteiger partial charge in [0.05, 0.1) is 12.1 Å². The molecule has 2 amide bonds. The Morgan fingerprint density at radius 3 is 2.71 bits per heavy atom. The lowest BCUT2D eigenvalue weighted by Crippen LogP contribution is -2.37. The summed E-state index contributed by atoms with van der Waals surface area (Å²) in [4.78, 5) is 22.6. The Labute approximate surface area is 103 Å². The number of hydrogen-bond donors (Lipinski definition) is 2. The summed E-state index contributed by atoms with van der Waals surface area (Å²) in [5.74, 6) is -1.68. The van der Waals surface area contributed by atoms with E-state index in [9.17, 15) is 14.0 Å². The molecular formula is C11H12ClFN2O2. The Bertz CT molecular complexity index is 437. The normalized spacial score (nSPS) is 9.82. The summed E-state index contributed by atoms with van der Waals surface area (Å²) in [7, 11) is 0. The fraction of sp³-hybridized carbons (Fsp3) is 0.273. The Hall–Kier alpha value is -1.62. The van der Waals surface area contributed by atoms with Crippen molar-refractivity contribution in [2.75, 3.05) is 13.1 Å². The van der Waals surface area contributed by atoms with Crippen LogP contribution in [0, 0.1) is 5.82 Å². The molecule has 0 bridgehead atoms. The van der Waals surface area contributed by atoms with E-state index >= 15 is 0 Å². The van der Waals surface area contributed by atoms with E-state index in [1.165, 1.54) is 12.1 Å². The number of carbonyl (C=O) groups is 2. The van der Waals surface area contributed by atoms with Crippen LogP contribution in [0.4, 0.5) is 4.39 Å². The molecule has 2 N–H and O–H groups in total. The molecule has 0 unspecified atom stereocenters. The zero-order valence-corrected chi connectivity index (χ0v) is 9.97. The molecule has 0 aliphatic carbocycles. The van der Waals surface area contributed by atoms with Crippen LogP contribution in [0.5, 0.6) is 0 Å². The third-order valence-corrected chi connectivity index (χ3v) is 2.19. The van der Waals surface area contributed by atoms with Gasteiger partial charge >= 0.3 is 0 Å². The number of hydrogen-bond acceptors (Lipinski definition) is 2. The maximum Gasteiger partial charge on any atom is 0.254 e. The summed E-state index contributed by atoms with van der Waals surface area (Å²) in [6.45, 7) is 2.04. The highest BCUT2D eigenvalue weighted by molar-refractivity contribution is 6.31. The molecule has 0 aliphatic rings. The second-order valence-corrected chi connectivity index (χ2v) is 3.70. The Morgan fingerprint density at radius 1 is 1.35 bits per heavy atom. The van der Waals surface area contributed by atoms with Crippen LogP contribution in [0.15, 0.2) is 18.2 Å². The van der Waals surface area contributed by atoms with E-state index in [2.05, 4.69) is 10.6 Å². The van der Waals surface area contributed by atoms with Crippen molar-refractivity contribution in [1.82, 2.24) is 10.6 Å². The minimum Gasteiger partial charge on any atom is -0.355 e. The molecule has 6 heteroatoms. The number of halogens is 2. The van der Waals surface area contributed by atoms with Gasteiger partial charge in [0, 0.05) is 11.6 Å². The van der Waals surface area contributed by atoms with E-state index in [1.54, 1.807) is 6.92 Å². The van der Waals surface area contributed by atoms with Crippen molar-refractivity contribution in [3.63, 3.8) is 0 Å². The maximum atomic E-state index is 13.3. The van der Waals surface area contributed by atoms with Crippen LogP contribution in [0.25, 0.3) is 0 Å². The average molecular weight is 259 g/mol. The smallest absolute Gasteiger partial charge is 0.254 e. The molecule has 0 atom stereocenters. The highest BCUT2D eigenvalue weighted by atomic mass is 35.5. The average Bonchev–Trinajstić information content (AvgIpc) is 2.29. The van der Waals surface area contributed by atoms with Gasteiger partial charge in [-0.2, -0.15) is 0 Å². The number of rotatable bonds is 4. The second-order valence-electron chi connectivity index (χ2n) is 3.26. The first kappa shape index (κ1) is 13.4. The Kier molecular flexibility index (Phi) is 4.90. The molecule has 1 rings (SSSR count). The topological polar surface area (TPSA) is 58.2 Å². The molecule has 17 heavy (non-hydrogen) atoms. The molecule has 0 spiro atoms. The molecule has 0 saturated carbocycles. The van der Waals surface area contributed by atoms with E-state index in [4.69, 9.17) is 11.6 Å². The predicted molar refractivity (Wildman–Crippen MR) is 62.4 cm³/mol. The van der Waals surface area contributed by atoms with Crippen LogP contribution < -0.4 is 10.6 Å². The van der Waals surface area contributed by atoms with Gasteiger partial charge in [-0.1, -0.05) is 11.6 Å². The van der Waals surface area contributed by atoms with Gasteiger partial charge in [0.1, 0.15) is 5.82 Å². The van der Waals surface area contributed by atoms with Crippen molar-refractivity contribution >= 4 is 23.4 Å². The molecule has 1 aromatic carbocycles. The summed E-state index contributed by atoms with van der Waals surface area (Å²) >= 11 is 5.65. The van der Waals surface area contributed by atoms with Crippen LogP contribution in [0.2, 0.25) is 5.02 Å². The maximum absolute atomic E-state index is 13.3. The van der Waals surface area contributed by atoms with Gasteiger partial charge in [-0.25, -0.2) is 4.39 Å². The first-order chi connectivity index (χ1) is 8.04. The van der Waals surface area contributed by atoms with Crippen molar-refractivity contribution in [1.29, 1.82) is 0 Å². The summed E-state index contributed by atoms with van der Waals surface area (Å²) in [6.07, 6.45) is 0. The predicted octanol–water partition coefficient (Wildman–Crippen LogP) is 1.34. The van der Waals surface area contributed by atoms with Crippen molar-refractivity contribution in [2.45, 2.75) is 6.92 Å². The number of amides is 2. The highest BCUT2D eigenvalue weighted by Gasteiger charge is 2.12. The first-order valence-electron chi connectivity index (χ1n) is 5.04. The summed E-state index contributed by atoms with van der Waals surface area (Å²) in [5.41, 5.74) is -0.179. The monoisotopic (exact) mass is 258 g/mol. The molecule has 0 fully saturated rings. The standard InChI is InChI=1S/C11H12ClFN2O2/c1-2-14-10(16)6-15-11(17)8-5-7(12)3-4-9(8)13/h3-5H,2,6H2,1H3,(H,14,16)(H,15,17). The zero-order valence-electron chi connectivity index (χ0n) is 9.22. The minimum atomic E-state index is -0.678. The van der Waals surface area contributed by atoms with Crippen molar-refractivity contribution < 1.29 is 14.0 Å². The van der Waals surface area contributed by atoms with Gasteiger partial charge in [0.15, 0.2) is 0 Å². The fourth-order valence-corrected chi connectivity index (χ4v) is 1.36. The van der Waals surface area contributed by atoms with E-state index in [1.807, 2.05) is 0 Å². The van der Waals surface area contributed by atoms with Crippen LogP contribution in [-0.2, 0) is 4.79 Å². The van der Waals surface area contributed by atoms with Crippen LogP contribution in [0.1, 0.15) is 17.3 Å². The molecule has 0 saturated heterocycles. The van der Waals surface area contributed by atoms with Gasteiger partial charge in [-0.05, 0) is 25.1 Å². The van der Waals surface area contributed by atoms with Crippen LogP contribution >= 0.6 is 11.6 Å². The molecule has 0 aliphatic heterocycles. The van der Waals surface area contributed by atoms with Gasteiger partial charge < -0.3 is 10.6 Å². The van der Waals surface area contributed by atoms with Gasteiger partial charge in [-0.15, -0.1) is 0 Å². The van der Waals surface area contributed by atoms with E-state index in [-0.39, 0.29) is 23.0 Å². The molecule has 92 valence electrons. The number of likely N-dealkylation sites (N-methyl/N-ethyl adjacent to an activating group) is 1. The largest absolute Gasteiger partial charge is 0.355 e. The van der Waals surface area contributed by atoms with Gasteiger partial charge in [0.2, 0.25) is 5.91 Å². The zero-order chi connectivity index (χ0) is 12.8. The van der Waals surface area contributed by atoms with Gasteiger partial charge in [0.25, 0.3) is 5.91 Å². The Balaban J connectivity index is 2.64. The van der Waals surface area contributed by atoms with Crippen LogP contribution in [-0.4, -0.2) is 24.9 Å². The van der Waals surface area contributed by atoms with Gasteiger partial charge in [-0.3, -0.25) is 9.59 Å². The fourth-order valence-electron chi connectivity index (χ4n) is 1.19. The molecule has 0 radical (unpaired) electrons. The summed E-state index contributed by atoms with van der Waals surface area (Å²) < 4.78 is 13.3. The SMILES string of the molecule is CCNC(=O)CNC(=O)c1cc(Cl)ccc1F.